The largest absolute Gasteiger partial charge is 0.340 e. The van der Waals surface area contributed by atoms with Crippen LogP contribution in [0.2, 0.25) is 0 Å². The summed E-state index contributed by atoms with van der Waals surface area (Å²) in [5.41, 5.74) is 1.50. The van der Waals surface area contributed by atoms with Crippen LogP contribution in [0.15, 0.2) is 60.7 Å². The van der Waals surface area contributed by atoms with Crippen molar-refractivity contribution in [1.82, 2.24) is 15.1 Å². The zero-order valence-corrected chi connectivity index (χ0v) is 18.6. The third kappa shape index (κ3) is 4.54. The molecule has 1 unspecified atom stereocenters. The lowest BCUT2D eigenvalue weighted by molar-refractivity contribution is -0.142. The average Bonchev–Trinajstić information content (AvgIpc) is 3.38. The van der Waals surface area contributed by atoms with E-state index in [1.807, 2.05) is 60.7 Å². The SMILES string of the molecule is CC(C(=O)N(CCc1ccccc1)CCc1ccccc1)N1C(=O)NC2(CCCC2)C1=O. The molecule has 1 aliphatic carbocycles. The monoisotopic (exact) mass is 433 g/mol. The Balaban J connectivity index is 1.48. The molecule has 2 aromatic rings. The smallest absolute Gasteiger partial charge is 0.325 e. The Hall–Kier alpha value is -3.15. The van der Waals surface area contributed by atoms with Gasteiger partial charge < -0.3 is 10.2 Å². The van der Waals surface area contributed by atoms with Gasteiger partial charge in [0.05, 0.1) is 0 Å². The number of amides is 4. The molecule has 4 amide bonds. The Bertz CT molecular complexity index is 911. The van der Waals surface area contributed by atoms with Crippen molar-refractivity contribution in [2.24, 2.45) is 0 Å². The van der Waals surface area contributed by atoms with Crippen molar-refractivity contribution in [3.8, 4) is 0 Å². The molecular weight excluding hydrogens is 402 g/mol. The summed E-state index contributed by atoms with van der Waals surface area (Å²) in [6.07, 6.45) is 4.59. The van der Waals surface area contributed by atoms with Gasteiger partial charge >= 0.3 is 6.03 Å². The van der Waals surface area contributed by atoms with Gasteiger partial charge in [-0.3, -0.25) is 9.59 Å². The van der Waals surface area contributed by atoms with Gasteiger partial charge in [0, 0.05) is 13.1 Å². The van der Waals surface area contributed by atoms with E-state index in [9.17, 15) is 14.4 Å². The van der Waals surface area contributed by atoms with Crippen molar-refractivity contribution in [3.63, 3.8) is 0 Å². The van der Waals surface area contributed by atoms with E-state index in [0.29, 0.717) is 25.9 Å². The van der Waals surface area contributed by atoms with Gasteiger partial charge in [-0.1, -0.05) is 73.5 Å². The molecule has 6 heteroatoms. The van der Waals surface area contributed by atoms with E-state index in [1.165, 1.54) is 0 Å². The number of benzene rings is 2. The van der Waals surface area contributed by atoms with Crippen LogP contribution in [0, 0.1) is 0 Å². The first kappa shape index (κ1) is 22.1. The molecule has 6 nitrogen and oxygen atoms in total. The predicted molar refractivity (Wildman–Crippen MR) is 123 cm³/mol. The molecule has 1 spiro atoms. The van der Waals surface area contributed by atoms with Crippen LogP contribution in [0.25, 0.3) is 0 Å². The minimum atomic E-state index is -0.825. The van der Waals surface area contributed by atoms with Crippen LogP contribution < -0.4 is 5.32 Å². The molecule has 2 aromatic carbocycles. The van der Waals surface area contributed by atoms with E-state index in [4.69, 9.17) is 0 Å². The van der Waals surface area contributed by atoms with Crippen LogP contribution in [0.1, 0.15) is 43.7 Å². The molecule has 0 bridgehead atoms. The fourth-order valence-corrected chi connectivity index (χ4v) is 4.83. The first-order valence-electron chi connectivity index (χ1n) is 11.5. The van der Waals surface area contributed by atoms with Crippen LogP contribution in [0.5, 0.6) is 0 Å². The first-order valence-corrected chi connectivity index (χ1v) is 11.5. The van der Waals surface area contributed by atoms with Gasteiger partial charge in [-0.05, 0) is 43.7 Å². The predicted octanol–water partition coefficient (Wildman–Crippen LogP) is 3.55. The maximum absolute atomic E-state index is 13.5. The fourth-order valence-electron chi connectivity index (χ4n) is 4.83. The highest BCUT2D eigenvalue weighted by Gasteiger charge is 2.54. The lowest BCUT2D eigenvalue weighted by atomic mass is 9.97. The zero-order chi connectivity index (χ0) is 22.6. The van der Waals surface area contributed by atoms with E-state index in [0.717, 1.165) is 41.7 Å². The summed E-state index contributed by atoms with van der Waals surface area (Å²) in [6, 6.07) is 18.8. The molecule has 1 saturated carbocycles. The highest BCUT2D eigenvalue weighted by atomic mass is 16.2. The molecule has 1 heterocycles. The van der Waals surface area contributed by atoms with Gasteiger partial charge in [-0.25, -0.2) is 9.69 Å². The van der Waals surface area contributed by atoms with Crippen molar-refractivity contribution >= 4 is 17.8 Å². The number of urea groups is 1. The number of carbonyl (C=O) groups excluding carboxylic acids is 3. The maximum atomic E-state index is 13.5. The fraction of sp³-hybridized carbons (Fsp3) is 0.423. The quantitative estimate of drug-likeness (QED) is 0.648. The second kappa shape index (κ2) is 9.55. The van der Waals surface area contributed by atoms with Crippen LogP contribution in [-0.2, 0) is 22.4 Å². The summed E-state index contributed by atoms with van der Waals surface area (Å²) in [6.45, 7) is 2.75. The topological polar surface area (TPSA) is 69.7 Å². The van der Waals surface area contributed by atoms with Crippen molar-refractivity contribution in [2.75, 3.05) is 13.1 Å². The lowest BCUT2D eigenvalue weighted by Crippen LogP contribution is -2.51. The number of imide groups is 1. The Kier molecular flexibility index (Phi) is 6.58. The Morgan fingerprint density at radius 2 is 1.44 bits per heavy atom. The van der Waals surface area contributed by atoms with Gasteiger partial charge in [0.15, 0.2) is 0 Å². The average molecular weight is 434 g/mol. The van der Waals surface area contributed by atoms with E-state index in [1.54, 1.807) is 11.8 Å². The summed E-state index contributed by atoms with van der Waals surface area (Å²) >= 11 is 0. The van der Waals surface area contributed by atoms with Gasteiger partial charge in [0.1, 0.15) is 11.6 Å². The van der Waals surface area contributed by atoms with Gasteiger partial charge in [0.25, 0.3) is 5.91 Å². The number of nitrogens with zero attached hydrogens (tertiary/aromatic N) is 2. The summed E-state index contributed by atoms with van der Waals surface area (Å²) in [7, 11) is 0. The van der Waals surface area contributed by atoms with Gasteiger partial charge in [-0.2, -0.15) is 0 Å². The number of carbonyl (C=O) groups is 3. The zero-order valence-electron chi connectivity index (χ0n) is 18.6. The van der Waals surface area contributed by atoms with Crippen molar-refractivity contribution in [2.45, 2.75) is 57.0 Å². The van der Waals surface area contributed by atoms with Crippen LogP contribution in [-0.4, -0.2) is 52.3 Å². The Morgan fingerprint density at radius 1 is 0.938 bits per heavy atom. The molecule has 0 radical (unpaired) electrons. The Labute approximate surface area is 189 Å². The third-order valence-electron chi connectivity index (χ3n) is 6.73. The summed E-state index contributed by atoms with van der Waals surface area (Å²) in [4.78, 5) is 42.3. The van der Waals surface area contributed by atoms with Crippen LogP contribution in [0.4, 0.5) is 4.79 Å². The number of hydrogen-bond acceptors (Lipinski definition) is 3. The summed E-state index contributed by atoms with van der Waals surface area (Å²) in [5, 5.41) is 2.89. The van der Waals surface area contributed by atoms with E-state index < -0.39 is 17.6 Å². The van der Waals surface area contributed by atoms with E-state index in [2.05, 4.69) is 5.32 Å². The number of rotatable bonds is 8. The number of nitrogens with one attached hydrogen (secondary N) is 1. The van der Waals surface area contributed by atoms with Crippen LogP contribution in [0.3, 0.4) is 0 Å². The third-order valence-corrected chi connectivity index (χ3v) is 6.73. The summed E-state index contributed by atoms with van der Waals surface area (Å²) in [5.74, 6) is -0.428. The lowest BCUT2D eigenvalue weighted by Gasteiger charge is -2.30. The molecule has 1 aliphatic heterocycles. The second-order valence-corrected chi connectivity index (χ2v) is 8.87. The molecule has 4 rings (SSSR count). The molecular formula is C26H31N3O3. The molecule has 168 valence electrons. The highest BCUT2D eigenvalue weighted by molar-refractivity contribution is 6.10. The van der Waals surface area contributed by atoms with Crippen LogP contribution >= 0.6 is 0 Å². The normalized spacial score (nSPS) is 18.1. The first-order chi connectivity index (χ1) is 15.5. The molecule has 32 heavy (non-hydrogen) atoms. The maximum Gasteiger partial charge on any atom is 0.325 e. The second-order valence-electron chi connectivity index (χ2n) is 8.87. The molecule has 2 fully saturated rings. The molecule has 1 N–H and O–H groups in total. The standard InChI is InChI=1S/C26H31N3O3/c1-20(29-24(31)26(27-25(29)32)16-8-9-17-26)23(30)28(18-14-21-10-4-2-5-11-21)19-15-22-12-6-3-7-13-22/h2-7,10-13,20H,8-9,14-19H2,1H3,(H,27,32). The minimum Gasteiger partial charge on any atom is -0.340 e. The molecule has 1 atom stereocenters. The van der Waals surface area contributed by atoms with Crippen molar-refractivity contribution in [1.29, 1.82) is 0 Å². The van der Waals surface area contributed by atoms with Crippen molar-refractivity contribution in [3.05, 3.63) is 71.8 Å². The minimum absolute atomic E-state index is 0.185. The number of hydrogen-bond donors (Lipinski definition) is 1. The van der Waals surface area contributed by atoms with E-state index in [-0.39, 0.29) is 11.8 Å². The Morgan fingerprint density at radius 3 is 1.94 bits per heavy atom. The molecule has 1 saturated heterocycles. The van der Waals surface area contributed by atoms with Crippen molar-refractivity contribution < 1.29 is 14.4 Å². The molecule has 2 aliphatic rings. The summed E-state index contributed by atoms with van der Waals surface area (Å²) < 4.78 is 0. The van der Waals surface area contributed by atoms with Gasteiger partial charge in [-0.15, -0.1) is 0 Å². The highest BCUT2D eigenvalue weighted by Crippen LogP contribution is 2.36. The molecule has 0 aromatic heterocycles. The van der Waals surface area contributed by atoms with E-state index >= 15 is 0 Å². The van der Waals surface area contributed by atoms with Gasteiger partial charge in [0.2, 0.25) is 5.91 Å².